The van der Waals surface area contributed by atoms with Gasteiger partial charge in [-0.2, -0.15) is 10.1 Å². The van der Waals surface area contributed by atoms with Crippen LogP contribution in [0, 0.1) is 11.2 Å². The highest BCUT2D eigenvalue weighted by atomic mass is 19.1. The molecule has 2 atom stereocenters. The molecule has 3 aromatic rings. The van der Waals surface area contributed by atoms with Crippen molar-refractivity contribution in [1.82, 2.24) is 29.7 Å². The molecule has 29 heavy (non-hydrogen) atoms. The van der Waals surface area contributed by atoms with E-state index >= 15 is 0 Å². The molecule has 1 aromatic carbocycles. The zero-order chi connectivity index (χ0) is 20.0. The van der Waals surface area contributed by atoms with Crippen molar-refractivity contribution >= 4 is 0 Å². The van der Waals surface area contributed by atoms with Crippen molar-refractivity contribution in [1.29, 1.82) is 0 Å². The lowest BCUT2D eigenvalue weighted by molar-refractivity contribution is 0.223. The molecule has 7 nitrogen and oxygen atoms in total. The second kappa shape index (κ2) is 7.03. The van der Waals surface area contributed by atoms with Crippen LogP contribution in [0.4, 0.5) is 4.39 Å². The van der Waals surface area contributed by atoms with Gasteiger partial charge in [0.25, 0.3) is 0 Å². The maximum absolute atomic E-state index is 13.2. The highest BCUT2D eigenvalue weighted by molar-refractivity contribution is 5.53. The Labute approximate surface area is 169 Å². The summed E-state index contributed by atoms with van der Waals surface area (Å²) in [6, 6.07) is 6.22. The molecule has 0 aliphatic carbocycles. The second-order valence-corrected chi connectivity index (χ2v) is 8.56. The summed E-state index contributed by atoms with van der Waals surface area (Å²) in [5.74, 6) is 1.12. The van der Waals surface area contributed by atoms with E-state index in [1.165, 1.54) is 17.7 Å². The Hall–Kier alpha value is -2.58. The van der Waals surface area contributed by atoms with Gasteiger partial charge in [0.05, 0.1) is 12.1 Å². The van der Waals surface area contributed by atoms with Gasteiger partial charge < -0.3 is 9.42 Å². The molecule has 2 saturated heterocycles. The molecule has 4 heterocycles. The predicted molar refractivity (Wildman–Crippen MR) is 105 cm³/mol. The number of likely N-dealkylation sites (tertiary alicyclic amines) is 2. The zero-order valence-corrected chi connectivity index (χ0v) is 16.8. The van der Waals surface area contributed by atoms with Gasteiger partial charge in [-0.15, -0.1) is 0 Å². The molecule has 0 radical (unpaired) electrons. The Kier molecular flexibility index (Phi) is 4.48. The van der Waals surface area contributed by atoms with Crippen LogP contribution in [-0.2, 0) is 13.6 Å². The van der Waals surface area contributed by atoms with Crippen molar-refractivity contribution < 1.29 is 8.91 Å². The number of halogens is 1. The van der Waals surface area contributed by atoms with Crippen LogP contribution in [0.5, 0.6) is 0 Å². The smallest absolute Gasteiger partial charge is 0.232 e. The van der Waals surface area contributed by atoms with E-state index in [-0.39, 0.29) is 17.2 Å². The molecular weight excluding hydrogens is 371 g/mol. The lowest BCUT2D eigenvalue weighted by Crippen LogP contribution is -2.32. The van der Waals surface area contributed by atoms with Gasteiger partial charge in [0.2, 0.25) is 11.7 Å². The normalized spacial score (nSPS) is 25.4. The van der Waals surface area contributed by atoms with Crippen LogP contribution in [-0.4, -0.2) is 62.9 Å². The Bertz CT molecular complexity index is 999. The first-order valence-electron chi connectivity index (χ1n) is 9.99. The van der Waals surface area contributed by atoms with Crippen LogP contribution in [0.3, 0.4) is 0 Å². The van der Waals surface area contributed by atoms with E-state index in [0.29, 0.717) is 11.7 Å². The summed E-state index contributed by atoms with van der Waals surface area (Å²) in [4.78, 5) is 9.58. The average molecular weight is 396 g/mol. The fourth-order valence-corrected chi connectivity index (χ4v) is 4.96. The van der Waals surface area contributed by atoms with Crippen molar-refractivity contribution in [3.63, 3.8) is 0 Å². The molecular formula is C21H25FN6O. The topological polar surface area (TPSA) is 63.2 Å². The van der Waals surface area contributed by atoms with Gasteiger partial charge in [-0.1, -0.05) is 5.16 Å². The maximum Gasteiger partial charge on any atom is 0.232 e. The van der Waals surface area contributed by atoms with E-state index < -0.39 is 0 Å². The van der Waals surface area contributed by atoms with Gasteiger partial charge in [0.1, 0.15) is 5.82 Å². The number of nitrogens with zero attached hydrogens (tertiary/aromatic N) is 6. The molecule has 152 valence electrons. The predicted octanol–water partition coefficient (Wildman–Crippen LogP) is 2.53. The van der Waals surface area contributed by atoms with Gasteiger partial charge in [0, 0.05) is 56.0 Å². The lowest BCUT2D eigenvalue weighted by atomic mass is 9.77. The van der Waals surface area contributed by atoms with Crippen LogP contribution in [0.25, 0.3) is 11.4 Å². The van der Waals surface area contributed by atoms with E-state index in [1.54, 1.807) is 12.1 Å². The molecule has 0 unspecified atom stereocenters. The number of aryl methyl sites for hydroxylation is 1. The Balaban J connectivity index is 1.41. The van der Waals surface area contributed by atoms with Crippen molar-refractivity contribution in [3.8, 4) is 11.4 Å². The van der Waals surface area contributed by atoms with E-state index in [0.717, 1.165) is 44.7 Å². The molecule has 8 heteroatoms. The quantitative estimate of drug-likeness (QED) is 0.675. The number of benzene rings is 1. The molecule has 2 aliphatic rings. The molecule has 2 aromatic heterocycles. The number of aromatic nitrogens is 4. The largest absolute Gasteiger partial charge is 0.339 e. The summed E-state index contributed by atoms with van der Waals surface area (Å²) in [5.41, 5.74) is 2.10. The summed E-state index contributed by atoms with van der Waals surface area (Å²) in [6.45, 7) is 4.86. The molecule has 2 fully saturated rings. The van der Waals surface area contributed by atoms with Gasteiger partial charge in [-0.3, -0.25) is 9.58 Å². The van der Waals surface area contributed by atoms with Crippen molar-refractivity contribution in [2.24, 2.45) is 12.5 Å². The SMILES string of the molecule is CN1CC[C@]2(C1)CN(Cc1cnn(C)c1)C[C@H]2c1nc(-c2ccc(F)cc2)no1. The monoisotopic (exact) mass is 396 g/mol. The Morgan fingerprint density at radius 2 is 2.03 bits per heavy atom. The average Bonchev–Trinajstić information content (AvgIpc) is 3.46. The second-order valence-electron chi connectivity index (χ2n) is 8.56. The first-order valence-corrected chi connectivity index (χ1v) is 9.99. The van der Waals surface area contributed by atoms with Gasteiger partial charge in [-0.25, -0.2) is 4.39 Å². The van der Waals surface area contributed by atoms with Crippen LogP contribution >= 0.6 is 0 Å². The Morgan fingerprint density at radius 3 is 2.72 bits per heavy atom. The summed E-state index contributed by atoms with van der Waals surface area (Å²) < 4.78 is 20.8. The number of hydrogen-bond acceptors (Lipinski definition) is 6. The van der Waals surface area contributed by atoms with Crippen molar-refractivity contribution in [2.45, 2.75) is 18.9 Å². The highest BCUT2D eigenvalue weighted by Gasteiger charge is 2.52. The first kappa shape index (κ1) is 18.4. The standard InChI is InChI=1S/C21H25FN6O/c1-26-8-7-21(13-26)14-28(11-15-9-23-27(2)10-15)12-18(21)20-24-19(25-29-20)16-3-5-17(22)6-4-16/h3-6,9-10,18H,7-8,11-14H2,1-2H3/t18-,21-/m0/s1. The molecule has 0 saturated carbocycles. The van der Waals surface area contributed by atoms with Gasteiger partial charge >= 0.3 is 0 Å². The minimum absolute atomic E-state index is 0.115. The molecule has 5 rings (SSSR count). The minimum Gasteiger partial charge on any atom is -0.339 e. The molecule has 2 aliphatic heterocycles. The molecule has 1 spiro atoms. The molecule has 0 N–H and O–H groups in total. The van der Waals surface area contributed by atoms with E-state index in [1.807, 2.05) is 17.9 Å². The molecule has 0 amide bonds. The summed E-state index contributed by atoms with van der Waals surface area (Å²) in [6.07, 6.45) is 5.12. The summed E-state index contributed by atoms with van der Waals surface area (Å²) in [7, 11) is 4.12. The number of rotatable bonds is 4. The minimum atomic E-state index is -0.271. The van der Waals surface area contributed by atoms with Crippen LogP contribution < -0.4 is 0 Å². The fourth-order valence-electron chi connectivity index (χ4n) is 4.96. The van der Waals surface area contributed by atoms with Gasteiger partial charge in [-0.05, 0) is 44.3 Å². The van der Waals surface area contributed by atoms with Crippen LogP contribution in [0.1, 0.15) is 23.8 Å². The van der Waals surface area contributed by atoms with Crippen LogP contribution in [0.15, 0.2) is 41.2 Å². The van der Waals surface area contributed by atoms with E-state index in [2.05, 4.69) is 33.3 Å². The maximum atomic E-state index is 13.2. The van der Waals surface area contributed by atoms with Crippen molar-refractivity contribution in [2.75, 3.05) is 33.2 Å². The summed E-state index contributed by atoms with van der Waals surface area (Å²) >= 11 is 0. The third kappa shape index (κ3) is 3.47. The summed E-state index contributed by atoms with van der Waals surface area (Å²) in [5, 5.41) is 8.49. The zero-order valence-electron chi connectivity index (χ0n) is 16.8. The first-order chi connectivity index (χ1) is 14.0. The van der Waals surface area contributed by atoms with E-state index in [9.17, 15) is 4.39 Å². The third-order valence-electron chi connectivity index (χ3n) is 6.30. The fraction of sp³-hybridized carbons (Fsp3) is 0.476. The number of hydrogen-bond donors (Lipinski definition) is 0. The highest BCUT2D eigenvalue weighted by Crippen LogP contribution is 2.48. The Morgan fingerprint density at radius 1 is 1.21 bits per heavy atom. The lowest BCUT2D eigenvalue weighted by Gasteiger charge is -2.27. The van der Waals surface area contributed by atoms with Crippen molar-refractivity contribution in [3.05, 3.63) is 53.9 Å². The van der Waals surface area contributed by atoms with E-state index in [4.69, 9.17) is 9.51 Å². The van der Waals surface area contributed by atoms with Gasteiger partial charge in [0.15, 0.2) is 0 Å². The molecule has 0 bridgehead atoms. The third-order valence-corrected chi connectivity index (χ3v) is 6.30. The van der Waals surface area contributed by atoms with Crippen LogP contribution in [0.2, 0.25) is 0 Å².